The largest absolute Gasteiger partial charge is 0.756 e. The Morgan fingerprint density at radius 3 is 1.49 bits per heavy atom. The number of phosphoric ester groups is 1. The Hall–Kier alpha value is -2.58. The lowest BCUT2D eigenvalue weighted by atomic mass is 10.1. The summed E-state index contributed by atoms with van der Waals surface area (Å²) in [4.78, 5) is 25.1. The van der Waals surface area contributed by atoms with E-state index in [-0.39, 0.29) is 26.2 Å². The number of unbranched alkanes of at least 4 members (excludes halogenated alkanes) is 11. The second-order valence-corrected chi connectivity index (χ2v) is 17.4. The van der Waals surface area contributed by atoms with Crippen LogP contribution < -0.4 is 4.89 Å². The molecule has 0 heterocycles. The molecule has 0 spiro atoms. The van der Waals surface area contributed by atoms with E-state index in [1.165, 1.54) is 51.4 Å². The Labute approximate surface area is 362 Å². The van der Waals surface area contributed by atoms with Crippen molar-refractivity contribution in [1.82, 2.24) is 0 Å². The third kappa shape index (κ3) is 46.3. The average Bonchev–Trinajstić information content (AvgIpc) is 3.19. The van der Waals surface area contributed by atoms with Gasteiger partial charge in [-0.05, 0) is 89.9 Å². The summed E-state index contributed by atoms with van der Waals surface area (Å²) < 4.78 is 34.5. The summed E-state index contributed by atoms with van der Waals surface area (Å²) in [5, 5.41) is 0. The molecule has 59 heavy (non-hydrogen) atoms. The molecule has 0 aliphatic rings. The Balaban J connectivity index is 4.36. The normalized spacial score (nSPS) is 14.6. The molecule has 0 aromatic carbocycles. The Morgan fingerprint density at radius 1 is 0.542 bits per heavy atom. The van der Waals surface area contributed by atoms with Gasteiger partial charge in [-0.3, -0.25) is 9.36 Å². The van der Waals surface area contributed by atoms with E-state index in [4.69, 9.17) is 18.5 Å². The molecule has 0 saturated heterocycles. The molecule has 0 aliphatic carbocycles. The van der Waals surface area contributed by atoms with Gasteiger partial charge in [-0.25, -0.2) is 0 Å². The average molecular weight is 844 g/mol. The van der Waals surface area contributed by atoms with E-state index in [0.29, 0.717) is 24.1 Å². The summed E-state index contributed by atoms with van der Waals surface area (Å²) in [7, 11) is 1.30. The quantitative estimate of drug-likeness (QED) is 0.0199. The highest BCUT2D eigenvalue weighted by molar-refractivity contribution is 7.45. The molecule has 0 amide bonds. The van der Waals surface area contributed by atoms with Crippen LogP contribution in [0.2, 0.25) is 0 Å². The van der Waals surface area contributed by atoms with E-state index < -0.39 is 19.9 Å². The monoisotopic (exact) mass is 844 g/mol. The van der Waals surface area contributed by atoms with Gasteiger partial charge in [0, 0.05) is 13.0 Å². The number of carbonyl (C=O) groups is 1. The van der Waals surface area contributed by atoms with Gasteiger partial charge in [0.1, 0.15) is 19.3 Å². The first kappa shape index (κ1) is 56.4. The zero-order valence-corrected chi connectivity index (χ0v) is 39.1. The molecule has 338 valence electrons. The number of quaternary nitrogens is 1. The van der Waals surface area contributed by atoms with E-state index >= 15 is 0 Å². The SMILES string of the molecule is CC/C=C\C/C=C\C/C=C\C/C=C\C/C=C\C/C=C\C/C=C\CCCC(=O)OC(COCCCCCCCC/C=C\CCCCCC)COP(=O)([O-])OCC[N+](C)(C)C. The topological polar surface area (TPSA) is 94.1 Å². The molecule has 0 aliphatic heterocycles. The molecule has 9 heteroatoms. The molecule has 0 fully saturated rings. The van der Waals surface area contributed by atoms with Crippen LogP contribution in [0.5, 0.6) is 0 Å². The van der Waals surface area contributed by atoms with Gasteiger partial charge < -0.3 is 27.9 Å². The van der Waals surface area contributed by atoms with Crippen molar-refractivity contribution < 1.29 is 37.3 Å². The van der Waals surface area contributed by atoms with E-state index in [1.807, 2.05) is 21.1 Å². The van der Waals surface area contributed by atoms with Gasteiger partial charge in [-0.15, -0.1) is 0 Å². The fraction of sp³-hybridized carbons (Fsp3) is 0.660. The van der Waals surface area contributed by atoms with Crippen LogP contribution in [0.4, 0.5) is 0 Å². The second-order valence-electron chi connectivity index (χ2n) is 16.0. The summed E-state index contributed by atoms with van der Waals surface area (Å²) in [6.07, 6.45) is 57.2. The van der Waals surface area contributed by atoms with E-state index in [9.17, 15) is 14.3 Å². The molecular weight excluding hydrogens is 758 g/mol. The van der Waals surface area contributed by atoms with Crippen LogP contribution in [0.15, 0.2) is 97.2 Å². The molecule has 0 rings (SSSR count). The molecular formula is C50H86NO7P. The van der Waals surface area contributed by atoms with Crippen LogP contribution in [0.3, 0.4) is 0 Å². The van der Waals surface area contributed by atoms with E-state index in [2.05, 4.69) is 111 Å². The Morgan fingerprint density at radius 2 is 0.983 bits per heavy atom. The maximum Gasteiger partial charge on any atom is 0.306 e. The maximum atomic E-state index is 12.7. The highest BCUT2D eigenvalue weighted by atomic mass is 31.2. The van der Waals surface area contributed by atoms with Gasteiger partial charge in [0.2, 0.25) is 0 Å². The molecule has 0 bridgehead atoms. The van der Waals surface area contributed by atoms with Crippen molar-refractivity contribution in [2.45, 2.75) is 161 Å². The fourth-order valence-electron chi connectivity index (χ4n) is 5.59. The summed E-state index contributed by atoms with van der Waals surface area (Å²) >= 11 is 0. The van der Waals surface area contributed by atoms with Gasteiger partial charge in [-0.2, -0.15) is 0 Å². The van der Waals surface area contributed by atoms with Crippen molar-refractivity contribution in [3.05, 3.63) is 97.2 Å². The molecule has 2 unspecified atom stereocenters. The van der Waals surface area contributed by atoms with Crippen molar-refractivity contribution >= 4 is 13.8 Å². The van der Waals surface area contributed by atoms with Crippen molar-refractivity contribution in [1.29, 1.82) is 0 Å². The smallest absolute Gasteiger partial charge is 0.306 e. The van der Waals surface area contributed by atoms with Crippen LogP contribution in [0.1, 0.15) is 155 Å². The van der Waals surface area contributed by atoms with Gasteiger partial charge in [0.15, 0.2) is 0 Å². The summed E-state index contributed by atoms with van der Waals surface area (Å²) in [5.74, 6) is -0.398. The lowest BCUT2D eigenvalue weighted by Crippen LogP contribution is -2.37. The number of likely N-dealkylation sites (N-methyl/N-ethyl adjacent to an activating group) is 1. The van der Waals surface area contributed by atoms with Crippen LogP contribution in [-0.4, -0.2) is 70.7 Å². The van der Waals surface area contributed by atoms with Gasteiger partial charge in [0.25, 0.3) is 7.82 Å². The minimum atomic E-state index is -4.55. The first-order valence-corrected chi connectivity index (χ1v) is 24.4. The highest BCUT2D eigenvalue weighted by Gasteiger charge is 2.20. The zero-order valence-electron chi connectivity index (χ0n) is 38.2. The maximum absolute atomic E-state index is 12.7. The van der Waals surface area contributed by atoms with Gasteiger partial charge in [-0.1, -0.05) is 156 Å². The first-order chi connectivity index (χ1) is 28.6. The van der Waals surface area contributed by atoms with Crippen molar-refractivity contribution in [3.8, 4) is 0 Å². The first-order valence-electron chi connectivity index (χ1n) is 23.0. The number of ether oxygens (including phenoxy) is 2. The van der Waals surface area contributed by atoms with E-state index in [1.54, 1.807) is 0 Å². The minimum absolute atomic E-state index is 0.00860. The van der Waals surface area contributed by atoms with Crippen LogP contribution in [-0.2, 0) is 27.9 Å². The van der Waals surface area contributed by atoms with Crippen molar-refractivity contribution in [3.63, 3.8) is 0 Å². The number of esters is 1. The molecule has 8 nitrogen and oxygen atoms in total. The third-order valence-electron chi connectivity index (χ3n) is 9.12. The predicted molar refractivity (Wildman–Crippen MR) is 249 cm³/mol. The highest BCUT2D eigenvalue weighted by Crippen LogP contribution is 2.38. The summed E-state index contributed by atoms with van der Waals surface area (Å²) in [6, 6.07) is 0. The van der Waals surface area contributed by atoms with Crippen LogP contribution in [0, 0.1) is 0 Å². The third-order valence-corrected chi connectivity index (χ3v) is 10.1. The zero-order chi connectivity index (χ0) is 43.4. The molecule has 2 atom stereocenters. The lowest BCUT2D eigenvalue weighted by molar-refractivity contribution is -0.870. The fourth-order valence-corrected chi connectivity index (χ4v) is 6.32. The van der Waals surface area contributed by atoms with Crippen LogP contribution >= 0.6 is 7.82 Å². The van der Waals surface area contributed by atoms with Crippen molar-refractivity contribution in [2.75, 3.05) is 54.1 Å². The standard InChI is InChI=1S/C50H86NO7P/c1-6-8-10-12-14-16-18-20-22-23-24-25-26-27-28-29-30-31-33-35-37-39-41-43-50(52)58-49(48-57-59(53,54)56-46-44-51(3,4)5)47-55-45-42-40-38-36-34-32-21-19-17-15-13-11-9-7-2/h8,10,14,16-17,19-20,22,24-25,27-28,30-31,35,37,49H,6-7,9,11-13,15,18,21,23,26,29,32-34,36,38-48H2,1-5H3/b10-8-,16-14-,19-17-,22-20-,25-24-,28-27-,31-30-,37-35-. The van der Waals surface area contributed by atoms with Gasteiger partial charge in [0.05, 0.1) is 34.4 Å². The summed E-state index contributed by atoms with van der Waals surface area (Å²) in [5.41, 5.74) is 0. The molecule has 0 N–H and O–H groups in total. The number of allylic oxidation sites excluding steroid dienone is 16. The molecule has 0 saturated carbocycles. The second kappa shape index (κ2) is 42.1. The number of hydrogen-bond acceptors (Lipinski definition) is 7. The summed E-state index contributed by atoms with van der Waals surface area (Å²) in [6.45, 7) is 5.16. The number of nitrogens with zero attached hydrogens (tertiary/aromatic N) is 1. The number of phosphoric acid groups is 1. The number of rotatable bonds is 41. The van der Waals surface area contributed by atoms with E-state index in [0.717, 1.165) is 77.0 Å². The molecule has 0 radical (unpaired) electrons. The Kier molecular flexibility index (Phi) is 40.3. The predicted octanol–water partition coefficient (Wildman–Crippen LogP) is 13.2. The molecule has 0 aromatic rings. The number of carbonyl (C=O) groups excluding carboxylic acids is 1. The minimum Gasteiger partial charge on any atom is -0.756 e. The lowest BCUT2D eigenvalue weighted by Gasteiger charge is -2.28. The van der Waals surface area contributed by atoms with Gasteiger partial charge >= 0.3 is 5.97 Å². The molecule has 0 aromatic heterocycles. The van der Waals surface area contributed by atoms with Crippen molar-refractivity contribution in [2.24, 2.45) is 0 Å². The Bertz CT molecular complexity index is 1260. The number of hydrogen-bond donors (Lipinski definition) is 0. The van der Waals surface area contributed by atoms with Crippen LogP contribution in [0.25, 0.3) is 0 Å².